The van der Waals surface area contributed by atoms with Crippen molar-refractivity contribution in [1.82, 2.24) is 10.2 Å². The molecule has 1 amide bonds. The van der Waals surface area contributed by atoms with Gasteiger partial charge in [-0.15, -0.1) is 0 Å². The number of amides is 1. The molecule has 2 aromatic rings. The summed E-state index contributed by atoms with van der Waals surface area (Å²) in [5.41, 5.74) is 0.886. The van der Waals surface area contributed by atoms with Gasteiger partial charge in [0, 0.05) is 18.2 Å². The molecule has 0 aliphatic carbocycles. The van der Waals surface area contributed by atoms with Crippen LogP contribution in [0, 0.1) is 17.7 Å². The SMILES string of the molecule is O=C(Nc1cn[nH]c1)c1ccc(C#CCCO)c(F)c1. The molecule has 2 rings (SSSR count). The molecule has 0 fully saturated rings. The summed E-state index contributed by atoms with van der Waals surface area (Å²) in [4.78, 5) is 11.8. The van der Waals surface area contributed by atoms with Crippen molar-refractivity contribution in [1.29, 1.82) is 0 Å². The van der Waals surface area contributed by atoms with Crippen LogP contribution in [0.25, 0.3) is 0 Å². The van der Waals surface area contributed by atoms with Crippen LogP contribution in [0.15, 0.2) is 30.6 Å². The summed E-state index contributed by atoms with van der Waals surface area (Å²) < 4.78 is 13.8. The summed E-state index contributed by atoms with van der Waals surface area (Å²) in [6, 6.07) is 4.05. The first-order chi connectivity index (χ1) is 9.70. The summed E-state index contributed by atoms with van der Waals surface area (Å²) in [5.74, 6) is 4.21. The minimum Gasteiger partial charge on any atom is -0.395 e. The maximum atomic E-state index is 13.8. The molecule has 0 radical (unpaired) electrons. The lowest BCUT2D eigenvalue weighted by Gasteiger charge is -2.03. The quantitative estimate of drug-likeness (QED) is 0.742. The lowest BCUT2D eigenvalue weighted by molar-refractivity contribution is 0.102. The van der Waals surface area contributed by atoms with E-state index in [1.54, 1.807) is 0 Å². The predicted molar refractivity (Wildman–Crippen MR) is 71.5 cm³/mol. The molecule has 0 saturated heterocycles. The molecule has 0 saturated carbocycles. The predicted octanol–water partition coefficient (Wildman–Crippen LogP) is 1.53. The Morgan fingerprint density at radius 3 is 3.00 bits per heavy atom. The third kappa shape index (κ3) is 3.43. The van der Waals surface area contributed by atoms with Gasteiger partial charge in [-0.1, -0.05) is 11.8 Å². The molecule has 0 aliphatic rings. The molecule has 1 heterocycles. The van der Waals surface area contributed by atoms with Gasteiger partial charge in [-0.05, 0) is 18.2 Å². The van der Waals surface area contributed by atoms with E-state index in [4.69, 9.17) is 5.11 Å². The number of carbonyl (C=O) groups is 1. The van der Waals surface area contributed by atoms with E-state index in [1.807, 2.05) is 0 Å². The third-order valence-electron chi connectivity index (χ3n) is 2.45. The second-order valence-corrected chi connectivity index (χ2v) is 3.91. The highest BCUT2D eigenvalue weighted by atomic mass is 19.1. The molecule has 1 aromatic carbocycles. The number of nitrogens with zero attached hydrogens (tertiary/aromatic N) is 1. The Bertz CT molecular complexity index is 657. The van der Waals surface area contributed by atoms with Crippen molar-refractivity contribution in [2.75, 3.05) is 11.9 Å². The highest BCUT2D eigenvalue weighted by molar-refractivity contribution is 6.04. The van der Waals surface area contributed by atoms with Crippen molar-refractivity contribution < 1.29 is 14.3 Å². The third-order valence-corrected chi connectivity index (χ3v) is 2.45. The van der Waals surface area contributed by atoms with Crippen molar-refractivity contribution >= 4 is 11.6 Å². The highest BCUT2D eigenvalue weighted by Gasteiger charge is 2.09. The van der Waals surface area contributed by atoms with Crippen LogP contribution < -0.4 is 5.32 Å². The Hall–Kier alpha value is -2.65. The van der Waals surface area contributed by atoms with Gasteiger partial charge in [0.15, 0.2) is 0 Å². The van der Waals surface area contributed by atoms with Gasteiger partial charge in [-0.2, -0.15) is 5.10 Å². The molecule has 0 unspecified atom stereocenters. The second-order valence-electron chi connectivity index (χ2n) is 3.91. The van der Waals surface area contributed by atoms with E-state index in [0.29, 0.717) is 5.69 Å². The second kappa shape index (κ2) is 6.50. The number of nitrogens with one attached hydrogen (secondary N) is 2. The van der Waals surface area contributed by atoms with Gasteiger partial charge < -0.3 is 10.4 Å². The zero-order chi connectivity index (χ0) is 14.4. The van der Waals surface area contributed by atoms with E-state index >= 15 is 0 Å². The maximum absolute atomic E-state index is 13.8. The number of benzene rings is 1. The van der Waals surface area contributed by atoms with E-state index in [9.17, 15) is 9.18 Å². The number of aromatic nitrogens is 2. The molecule has 102 valence electrons. The lowest BCUT2D eigenvalue weighted by Crippen LogP contribution is -2.11. The van der Waals surface area contributed by atoms with Crippen molar-refractivity contribution in [2.45, 2.75) is 6.42 Å². The Morgan fingerprint density at radius 1 is 1.50 bits per heavy atom. The molecule has 0 aliphatic heterocycles. The van der Waals surface area contributed by atoms with Crippen molar-refractivity contribution in [3.8, 4) is 11.8 Å². The Balaban J connectivity index is 2.12. The number of aliphatic hydroxyl groups excluding tert-OH is 1. The minimum atomic E-state index is -0.574. The Kier molecular flexibility index (Phi) is 4.47. The van der Waals surface area contributed by atoms with Crippen molar-refractivity contribution in [3.05, 3.63) is 47.5 Å². The maximum Gasteiger partial charge on any atom is 0.255 e. The number of carbonyl (C=O) groups excluding carboxylic acids is 1. The molecule has 1 aromatic heterocycles. The summed E-state index contributed by atoms with van der Waals surface area (Å²) in [6.45, 7) is -0.0696. The largest absolute Gasteiger partial charge is 0.395 e. The van der Waals surface area contributed by atoms with Crippen LogP contribution >= 0.6 is 0 Å². The molecule has 0 atom stereocenters. The first-order valence-electron chi connectivity index (χ1n) is 5.90. The van der Waals surface area contributed by atoms with E-state index in [0.717, 1.165) is 6.07 Å². The van der Waals surface area contributed by atoms with Gasteiger partial charge in [0.2, 0.25) is 0 Å². The van der Waals surface area contributed by atoms with Crippen LogP contribution in [-0.2, 0) is 0 Å². The smallest absolute Gasteiger partial charge is 0.255 e. The van der Waals surface area contributed by atoms with Gasteiger partial charge in [0.25, 0.3) is 5.91 Å². The number of H-pyrrole nitrogens is 1. The van der Waals surface area contributed by atoms with Crippen LogP contribution in [-0.4, -0.2) is 27.8 Å². The fourth-order valence-electron chi connectivity index (χ4n) is 1.49. The molecular formula is C14H12FN3O2. The normalized spacial score (nSPS) is 9.70. The van der Waals surface area contributed by atoms with Crippen LogP contribution in [0.1, 0.15) is 22.3 Å². The Labute approximate surface area is 114 Å². The Morgan fingerprint density at radius 2 is 2.35 bits per heavy atom. The van der Waals surface area contributed by atoms with Gasteiger partial charge in [-0.25, -0.2) is 4.39 Å². The van der Waals surface area contributed by atoms with Gasteiger partial charge in [0.1, 0.15) is 5.82 Å². The fraction of sp³-hybridized carbons (Fsp3) is 0.143. The fourth-order valence-corrected chi connectivity index (χ4v) is 1.49. The molecular weight excluding hydrogens is 261 g/mol. The molecule has 0 bridgehead atoms. The first-order valence-corrected chi connectivity index (χ1v) is 5.90. The number of aromatic amines is 1. The molecule has 3 N–H and O–H groups in total. The minimum absolute atomic E-state index is 0.0696. The average molecular weight is 273 g/mol. The summed E-state index contributed by atoms with van der Waals surface area (Å²) in [5, 5.41) is 17.4. The van der Waals surface area contributed by atoms with Crippen molar-refractivity contribution in [3.63, 3.8) is 0 Å². The van der Waals surface area contributed by atoms with E-state index in [2.05, 4.69) is 27.4 Å². The van der Waals surface area contributed by atoms with E-state index in [-0.39, 0.29) is 24.2 Å². The number of rotatable bonds is 3. The highest BCUT2D eigenvalue weighted by Crippen LogP contribution is 2.12. The monoisotopic (exact) mass is 273 g/mol. The van der Waals surface area contributed by atoms with E-state index in [1.165, 1.54) is 24.5 Å². The first kappa shape index (κ1) is 13.8. The molecule has 20 heavy (non-hydrogen) atoms. The van der Waals surface area contributed by atoms with Crippen LogP contribution in [0.5, 0.6) is 0 Å². The number of halogens is 1. The van der Waals surface area contributed by atoms with E-state index < -0.39 is 11.7 Å². The van der Waals surface area contributed by atoms with Gasteiger partial charge in [0.05, 0.1) is 24.1 Å². The zero-order valence-electron chi connectivity index (χ0n) is 10.5. The van der Waals surface area contributed by atoms with Gasteiger partial charge in [-0.3, -0.25) is 9.89 Å². The molecule has 6 heteroatoms. The van der Waals surface area contributed by atoms with Crippen molar-refractivity contribution in [2.24, 2.45) is 0 Å². The topological polar surface area (TPSA) is 78.0 Å². The molecule has 5 nitrogen and oxygen atoms in total. The number of hydrogen-bond donors (Lipinski definition) is 3. The summed E-state index contributed by atoms with van der Waals surface area (Å²) in [7, 11) is 0. The number of hydrogen-bond acceptors (Lipinski definition) is 3. The molecule has 0 spiro atoms. The number of anilines is 1. The summed E-state index contributed by atoms with van der Waals surface area (Å²) in [6.07, 6.45) is 3.24. The van der Waals surface area contributed by atoms with Crippen LogP contribution in [0.3, 0.4) is 0 Å². The van der Waals surface area contributed by atoms with Crippen LogP contribution in [0.4, 0.5) is 10.1 Å². The summed E-state index contributed by atoms with van der Waals surface area (Å²) >= 11 is 0. The van der Waals surface area contributed by atoms with Crippen LogP contribution in [0.2, 0.25) is 0 Å². The average Bonchev–Trinajstić information content (AvgIpc) is 2.93. The zero-order valence-corrected chi connectivity index (χ0v) is 10.5. The number of aliphatic hydroxyl groups is 1. The van der Waals surface area contributed by atoms with Gasteiger partial charge >= 0.3 is 0 Å². The standard InChI is InChI=1S/C14H12FN3O2/c15-13-7-11(5-4-10(13)3-1-2-6-19)14(20)18-12-8-16-17-9-12/h4-5,7-9,19H,2,6H2,(H,16,17)(H,18,20). The lowest BCUT2D eigenvalue weighted by atomic mass is 10.1.